The highest BCUT2D eigenvalue weighted by Crippen LogP contribution is 2.33. The number of aromatic carboxylic acids is 1. The van der Waals surface area contributed by atoms with Crippen LogP contribution in [-0.2, 0) is 0 Å². The first-order valence-corrected chi connectivity index (χ1v) is 8.23. The number of carbonyl (C=O) groups excluding carboxylic acids is 1. The van der Waals surface area contributed by atoms with E-state index in [4.69, 9.17) is 9.47 Å². The lowest BCUT2D eigenvalue weighted by Gasteiger charge is -2.12. The Bertz CT molecular complexity index is 745. The summed E-state index contributed by atoms with van der Waals surface area (Å²) >= 11 is 2.18. The zero-order valence-electron chi connectivity index (χ0n) is 13.2. The van der Waals surface area contributed by atoms with Gasteiger partial charge in [0.05, 0.1) is 35.2 Å². The molecule has 2 rings (SSSR count). The second-order valence-electron chi connectivity index (χ2n) is 4.70. The van der Waals surface area contributed by atoms with Gasteiger partial charge in [0.1, 0.15) is 0 Å². The Labute approximate surface area is 153 Å². The number of hydrogen-bond donors (Lipinski definition) is 1. The number of methoxy groups -OCH3 is 1. The number of rotatable bonds is 7. The summed E-state index contributed by atoms with van der Waals surface area (Å²) in [5.41, 5.74) is 4.47. The van der Waals surface area contributed by atoms with E-state index in [0.717, 1.165) is 9.13 Å². The van der Waals surface area contributed by atoms with Crippen LogP contribution in [0.5, 0.6) is 11.5 Å². The zero-order chi connectivity index (χ0) is 17.5. The van der Waals surface area contributed by atoms with E-state index in [9.17, 15) is 9.90 Å². The minimum absolute atomic E-state index is 0.121. The number of hydrazone groups is 1. The normalized spacial score (nSPS) is 10.6. The molecule has 0 aliphatic carbocycles. The maximum atomic E-state index is 10.7. The lowest BCUT2D eigenvalue weighted by Crippen LogP contribution is -2.21. The maximum absolute atomic E-state index is 10.7. The van der Waals surface area contributed by atoms with E-state index in [-0.39, 0.29) is 5.56 Å². The third-order valence-corrected chi connectivity index (χ3v) is 3.87. The lowest BCUT2D eigenvalue weighted by molar-refractivity contribution is -0.255. The van der Waals surface area contributed by atoms with Crippen LogP contribution in [0, 0.1) is 3.57 Å². The molecule has 0 atom stereocenters. The molecule has 126 valence electrons. The van der Waals surface area contributed by atoms with E-state index in [0.29, 0.717) is 23.8 Å². The van der Waals surface area contributed by atoms with Gasteiger partial charge in [-0.3, -0.25) is 5.43 Å². The predicted octanol–water partition coefficient (Wildman–Crippen LogP) is 2.51. The van der Waals surface area contributed by atoms with Crippen molar-refractivity contribution in [2.75, 3.05) is 19.1 Å². The van der Waals surface area contributed by atoms with Gasteiger partial charge in [-0.25, -0.2) is 0 Å². The van der Waals surface area contributed by atoms with Crippen LogP contribution >= 0.6 is 22.6 Å². The number of carboxylic acids is 1. The van der Waals surface area contributed by atoms with Crippen molar-refractivity contribution in [3.8, 4) is 11.5 Å². The summed E-state index contributed by atoms with van der Waals surface area (Å²) in [5, 5.41) is 14.8. The molecule has 24 heavy (non-hydrogen) atoms. The average molecular weight is 439 g/mol. The van der Waals surface area contributed by atoms with Gasteiger partial charge in [0.25, 0.3) is 0 Å². The predicted molar refractivity (Wildman–Crippen MR) is 98.9 cm³/mol. The van der Waals surface area contributed by atoms with Gasteiger partial charge >= 0.3 is 0 Å². The van der Waals surface area contributed by atoms with Crippen LogP contribution in [0.3, 0.4) is 0 Å². The third-order valence-electron chi connectivity index (χ3n) is 3.07. The van der Waals surface area contributed by atoms with Crippen LogP contribution in [0.1, 0.15) is 22.8 Å². The molecule has 0 heterocycles. The van der Waals surface area contributed by atoms with E-state index in [1.54, 1.807) is 25.5 Å². The number of ether oxygens (including phenoxy) is 2. The first-order chi connectivity index (χ1) is 11.5. The second-order valence-corrected chi connectivity index (χ2v) is 5.86. The quantitative estimate of drug-likeness (QED) is 0.407. The Morgan fingerprint density at radius 3 is 2.62 bits per heavy atom. The molecule has 0 spiro atoms. The van der Waals surface area contributed by atoms with Crippen molar-refractivity contribution in [2.45, 2.75) is 6.92 Å². The van der Waals surface area contributed by atoms with E-state index in [2.05, 4.69) is 33.1 Å². The molecule has 7 heteroatoms. The van der Waals surface area contributed by atoms with Crippen molar-refractivity contribution in [2.24, 2.45) is 5.10 Å². The third kappa shape index (κ3) is 4.60. The number of nitrogens with zero attached hydrogens (tertiary/aromatic N) is 1. The standard InChI is InChI=1S/C17H17IN2O4/c1-3-24-16-14(18)8-11(9-15(16)23-2)10-19-20-13-6-4-12(5-7-13)17(21)22/h4-10,20H,3H2,1-2H3,(H,21,22)/p-1. The fourth-order valence-corrected chi connectivity index (χ4v) is 2.74. The van der Waals surface area contributed by atoms with Crippen LogP contribution < -0.4 is 20.0 Å². The zero-order valence-corrected chi connectivity index (χ0v) is 15.4. The molecule has 2 aromatic rings. The highest BCUT2D eigenvalue weighted by molar-refractivity contribution is 14.1. The molecule has 0 bridgehead atoms. The number of carboxylic acid groups (broad SMARTS) is 1. The molecule has 0 aromatic heterocycles. The minimum Gasteiger partial charge on any atom is -0.545 e. The van der Waals surface area contributed by atoms with E-state index < -0.39 is 5.97 Å². The van der Waals surface area contributed by atoms with Crippen molar-refractivity contribution in [3.63, 3.8) is 0 Å². The van der Waals surface area contributed by atoms with Crippen LogP contribution in [0.4, 0.5) is 5.69 Å². The van der Waals surface area contributed by atoms with E-state index in [1.165, 1.54) is 12.1 Å². The van der Waals surface area contributed by atoms with Gasteiger partial charge in [0.2, 0.25) is 0 Å². The summed E-state index contributed by atoms with van der Waals surface area (Å²) in [5.74, 6) is 0.146. The van der Waals surface area contributed by atoms with Gasteiger partial charge in [-0.15, -0.1) is 0 Å². The van der Waals surface area contributed by atoms with Crippen LogP contribution in [-0.4, -0.2) is 25.9 Å². The van der Waals surface area contributed by atoms with Gasteiger partial charge in [-0.05, 0) is 64.9 Å². The number of benzene rings is 2. The van der Waals surface area contributed by atoms with Crippen LogP contribution in [0.25, 0.3) is 0 Å². The number of anilines is 1. The summed E-state index contributed by atoms with van der Waals surface area (Å²) < 4.78 is 11.8. The Morgan fingerprint density at radius 1 is 1.33 bits per heavy atom. The number of carbonyl (C=O) groups is 1. The highest BCUT2D eigenvalue weighted by Gasteiger charge is 2.10. The number of halogens is 1. The summed E-state index contributed by atoms with van der Waals surface area (Å²) in [6.45, 7) is 2.48. The summed E-state index contributed by atoms with van der Waals surface area (Å²) in [6.07, 6.45) is 1.65. The molecule has 0 saturated heterocycles. The second kappa shape index (κ2) is 8.53. The van der Waals surface area contributed by atoms with Gasteiger partial charge in [-0.2, -0.15) is 5.10 Å². The van der Waals surface area contributed by atoms with Crippen molar-refractivity contribution < 1.29 is 19.4 Å². The van der Waals surface area contributed by atoms with E-state index in [1.807, 2.05) is 19.1 Å². The molecule has 6 nitrogen and oxygen atoms in total. The summed E-state index contributed by atoms with van der Waals surface area (Å²) in [7, 11) is 1.59. The molecule has 0 fully saturated rings. The van der Waals surface area contributed by atoms with Crippen LogP contribution in [0.15, 0.2) is 41.5 Å². The fourth-order valence-electron chi connectivity index (χ4n) is 1.96. The Kier molecular flexibility index (Phi) is 6.42. The SMILES string of the molecule is CCOc1c(I)cc(C=NNc2ccc(C(=O)[O-])cc2)cc1OC. The average Bonchev–Trinajstić information content (AvgIpc) is 2.57. The van der Waals surface area contributed by atoms with Gasteiger partial charge in [0, 0.05) is 0 Å². The number of nitrogens with one attached hydrogen (secondary N) is 1. The monoisotopic (exact) mass is 439 g/mol. The minimum atomic E-state index is -1.21. The molecular formula is C17H16IN2O4-. The summed E-state index contributed by atoms with van der Waals surface area (Å²) in [4.78, 5) is 10.7. The Hall–Kier alpha value is -2.29. The molecule has 1 N–H and O–H groups in total. The lowest BCUT2D eigenvalue weighted by atomic mass is 10.2. The molecule has 0 aliphatic heterocycles. The van der Waals surface area contributed by atoms with Gasteiger partial charge < -0.3 is 19.4 Å². The first-order valence-electron chi connectivity index (χ1n) is 7.16. The Morgan fingerprint density at radius 2 is 2.04 bits per heavy atom. The van der Waals surface area contributed by atoms with Crippen molar-refractivity contribution >= 4 is 40.5 Å². The molecule has 0 unspecified atom stereocenters. The first kappa shape index (κ1) is 18.1. The molecule has 0 saturated carbocycles. The van der Waals surface area contributed by atoms with Gasteiger partial charge in [-0.1, -0.05) is 12.1 Å². The smallest absolute Gasteiger partial charge is 0.174 e. The molecule has 0 radical (unpaired) electrons. The van der Waals surface area contributed by atoms with Crippen molar-refractivity contribution in [3.05, 3.63) is 51.1 Å². The highest BCUT2D eigenvalue weighted by atomic mass is 127. The topological polar surface area (TPSA) is 83.0 Å². The van der Waals surface area contributed by atoms with E-state index >= 15 is 0 Å². The van der Waals surface area contributed by atoms with Crippen LogP contribution in [0.2, 0.25) is 0 Å². The fraction of sp³-hybridized carbons (Fsp3) is 0.176. The number of hydrogen-bond acceptors (Lipinski definition) is 6. The molecule has 2 aromatic carbocycles. The van der Waals surface area contributed by atoms with Gasteiger partial charge in [0.15, 0.2) is 11.5 Å². The molecule has 0 amide bonds. The Balaban J connectivity index is 2.11. The largest absolute Gasteiger partial charge is 0.545 e. The van der Waals surface area contributed by atoms with Crippen molar-refractivity contribution in [1.82, 2.24) is 0 Å². The molecule has 0 aliphatic rings. The summed E-state index contributed by atoms with van der Waals surface area (Å²) in [6, 6.07) is 9.90. The van der Waals surface area contributed by atoms with Crippen molar-refractivity contribution in [1.29, 1.82) is 0 Å². The molecular weight excluding hydrogens is 423 g/mol. The maximum Gasteiger partial charge on any atom is 0.174 e.